The molecular formula is C15H20N2O3. The topological polar surface area (TPSA) is 75.3 Å². The van der Waals surface area contributed by atoms with Gasteiger partial charge in [0.25, 0.3) is 0 Å². The van der Waals surface area contributed by atoms with E-state index in [-0.39, 0.29) is 17.6 Å². The third kappa shape index (κ3) is 2.54. The molecule has 0 atom stereocenters. The molecule has 108 valence electrons. The van der Waals surface area contributed by atoms with Crippen molar-refractivity contribution in [2.45, 2.75) is 33.2 Å². The van der Waals surface area contributed by atoms with Crippen molar-refractivity contribution in [1.82, 2.24) is 9.55 Å². The van der Waals surface area contributed by atoms with Crippen LogP contribution in [0.1, 0.15) is 37.0 Å². The molecule has 20 heavy (non-hydrogen) atoms. The van der Waals surface area contributed by atoms with Crippen molar-refractivity contribution in [2.24, 2.45) is 5.41 Å². The van der Waals surface area contributed by atoms with E-state index in [1.165, 1.54) is 0 Å². The van der Waals surface area contributed by atoms with Gasteiger partial charge in [-0.25, -0.2) is 9.78 Å². The van der Waals surface area contributed by atoms with Crippen LogP contribution in [0.25, 0.3) is 11.0 Å². The van der Waals surface area contributed by atoms with Gasteiger partial charge in [0, 0.05) is 12.0 Å². The van der Waals surface area contributed by atoms with Crippen LogP contribution < -0.4 is 0 Å². The lowest BCUT2D eigenvalue weighted by Gasteiger charge is -2.29. The van der Waals surface area contributed by atoms with E-state index in [9.17, 15) is 9.90 Å². The summed E-state index contributed by atoms with van der Waals surface area (Å²) in [5.41, 5.74) is 1.65. The highest BCUT2D eigenvalue weighted by molar-refractivity contribution is 5.92. The number of aromatic nitrogens is 2. The van der Waals surface area contributed by atoms with Crippen LogP contribution in [0.4, 0.5) is 0 Å². The molecule has 0 aliphatic carbocycles. The number of aliphatic hydroxyl groups excluding tert-OH is 1. The van der Waals surface area contributed by atoms with E-state index in [4.69, 9.17) is 5.11 Å². The molecule has 0 saturated heterocycles. The van der Waals surface area contributed by atoms with Crippen molar-refractivity contribution in [3.05, 3.63) is 30.1 Å². The van der Waals surface area contributed by atoms with Gasteiger partial charge in [0.2, 0.25) is 0 Å². The molecule has 0 amide bonds. The number of carboxylic acid groups (broad SMARTS) is 1. The first-order valence-electron chi connectivity index (χ1n) is 6.84. The van der Waals surface area contributed by atoms with Crippen molar-refractivity contribution < 1.29 is 15.0 Å². The van der Waals surface area contributed by atoms with Crippen molar-refractivity contribution in [2.75, 3.05) is 6.61 Å². The van der Waals surface area contributed by atoms with Gasteiger partial charge in [0.1, 0.15) is 0 Å². The maximum absolute atomic E-state index is 11.0. The number of hydrogen-bond acceptors (Lipinski definition) is 3. The zero-order valence-corrected chi connectivity index (χ0v) is 11.8. The Kier molecular flexibility index (Phi) is 4.09. The summed E-state index contributed by atoms with van der Waals surface area (Å²) in [5, 5.41) is 18.6. The average molecular weight is 276 g/mol. The number of fused-ring (bicyclic) bond motifs is 1. The second-order valence-electron chi connectivity index (χ2n) is 5.25. The molecule has 0 bridgehead atoms. The molecule has 0 aliphatic rings. The zero-order valence-electron chi connectivity index (χ0n) is 11.8. The normalized spacial score (nSPS) is 11.9. The number of rotatable bonds is 6. The predicted molar refractivity (Wildman–Crippen MR) is 76.8 cm³/mol. The lowest BCUT2D eigenvalue weighted by atomic mass is 9.83. The van der Waals surface area contributed by atoms with Gasteiger partial charge in [-0.05, 0) is 31.0 Å². The van der Waals surface area contributed by atoms with E-state index >= 15 is 0 Å². The molecule has 1 aromatic heterocycles. The summed E-state index contributed by atoms with van der Waals surface area (Å²) in [4.78, 5) is 15.2. The molecular weight excluding hydrogens is 256 g/mol. The summed E-state index contributed by atoms with van der Waals surface area (Å²) in [6.07, 6.45) is 3.48. The van der Waals surface area contributed by atoms with Gasteiger partial charge in [-0.2, -0.15) is 0 Å². The molecule has 2 N–H and O–H groups in total. The number of carboxylic acids is 1. The molecule has 1 heterocycles. The molecule has 1 aromatic carbocycles. The highest BCUT2D eigenvalue weighted by Gasteiger charge is 2.26. The van der Waals surface area contributed by atoms with Gasteiger partial charge in [-0.1, -0.05) is 13.8 Å². The van der Waals surface area contributed by atoms with Crippen molar-refractivity contribution in [1.29, 1.82) is 0 Å². The summed E-state index contributed by atoms with van der Waals surface area (Å²) in [6.45, 7) is 4.95. The van der Waals surface area contributed by atoms with Crippen LogP contribution in [-0.2, 0) is 6.54 Å². The molecule has 0 radical (unpaired) electrons. The van der Waals surface area contributed by atoms with Crippen LogP contribution in [-0.4, -0.2) is 32.3 Å². The summed E-state index contributed by atoms with van der Waals surface area (Å²) in [6, 6.07) is 4.94. The van der Waals surface area contributed by atoms with Gasteiger partial charge in [0.15, 0.2) is 0 Å². The summed E-state index contributed by atoms with van der Waals surface area (Å²) < 4.78 is 1.99. The fourth-order valence-electron chi connectivity index (χ4n) is 2.43. The Morgan fingerprint density at radius 3 is 2.60 bits per heavy atom. The third-order valence-corrected chi connectivity index (χ3v) is 4.21. The molecule has 0 fully saturated rings. The minimum atomic E-state index is -0.951. The van der Waals surface area contributed by atoms with Crippen LogP contribution in [0.3, 0.4) is 0 Å². The molecule has 5 heteroatoms. The quantitative estimate of drug-likeness (QED) is 0.850. The van der Waals surface area contributed by atoms with Gasteiger partial charge in [-0.15, -0.1) is 0 Å². The highest BCUT2D eigenvalue weighted by atomic mass is 16.4. The Morgan fingerprint density at radius 1 is 1.35 bits per heavy atom. The Bertz CT molecular complexity index is 606. The van der Waals surface area contributed by atoms with Gasteiger partial charge in [-0.3, -0.25) is 0 Å². The van der Waals surface area contributed by atoms with Crippen LogP contribution in [0.5, 0.6) is 0 Å². The number of carbonyl (C=O) groups is 1. The van der Waals surface area contributed by atoms with E-state index in [0.29, 0.717) is 12.1 Å². The molecule has 0 spiro atoms. The molecule has 0 saturated carbocycles. The SMILES string of the molecule is CCC(CC)(CO)Cn1cnc2cc(C(=O)O)ccc21. The van der Waals surface area contributed by atoms with Crippen LogP contribution >= 0.6 is 0 Å². The monoisotopic (exact) mass is 276 g/mol. The van der Waals surface area contributed by atoms with Crippen LogP contribution in [0.15, 0.2) is 24.5 Å². The molecule has 0 aliphatic heterocycles. The van der Waals surface area contributed by atoms with Crippen molar-refractivity contribution in [3.8, 4) is 0 Å². The average Bonchev–Trinajstić information content (AvgIpc) is 2.87. The predicted octanol–water partition coefficient (Wildman–Crippen LogP) is 2.53. The van der Waals surface area contributed by atoms with E-state index < -0.39 is 5.97 Å². The van der Waals surface area contributed by atoms with Gasteiger partial charge >= 0.3 is 5.97 Å². The summed E-state index contributed by atoms with van der Waals surface area (Å²) >= 11 is 0. The molecule has 2 aromatic rings. The lowest BCUT2D eigenvalue weighted by Crippen LogP contribution is -2.29. The maximum Gasteiger partial charge on any atom is 0.335 e. The highest BCUT2D eigenvalue weighted by Crippen LogP contribution is 2.29. The van der Waals surface area contributed by atoms with Crippen LogP contribution in [0.2, 0.25) is 0 Å². The minimum Gasteiger partial charge on any atom is -0.478 e. The summed E-state index contributed by atoms with van der Waals surface area (Å²) in [7, 11) is 0. The number of benzene rings is 1. The van der Waals surface area contributed by atoms with E-state index in [0.717, 1.165) is 18.4 Å². The third-order valence-electron chi connectivity index (χ3n) is 4.21. The van der Waals surface area contributed by atoms with E-state index in [2.05, 4.69) is 18.8 Å². The smallest absolute Gasteiger partial charge is 0.335 e. The number of imidazole rings is 1. The number of aliphatic hydroxyl groups is 1. The Balaban J connectivity index is 2.39. The lowest BCUT2D eigenvalue weighted by molar-refractivity contribution is 0.0697. The zero-order chi connectivity index (χ0) is 14.8. The van der Waals surface area contributed by atoms with Crippen LogP contribution in [0, 0.1) is 5.41 Å². The largest absolute Gasteiger partial charge is 0.478 e. The fraction of sp³-hybridized carbons (Fsp3) is 0.467. The van der Waals surface area contributed by atoms with E-state index in [1.54, 1.807) is 24.5 Å². The Hall–Kier alpha value is -1.88. The number of hydrogen-bond donors (Lipinski definition) is 2. The second-order valence-corrected chi connectivity index (χ2v) is 5.25. The molecule has 5 nitrogen and oxygen atoms in total. The second kappa shape index (κ2) is 5.63. The number of aromatic carboxylic acids is 1. The Labute approximate surface area is 117 Å². The summed E-state index contributed by atoms with van der Waals surface area (Å²) in [5.74, 6) is -0.951. The fourth-order valence-corrected chi connectivity index (χ4v) is 2.43. The van der Waals surface area contributed by atoms with Gasteiger partial charge < -0.3 is 14.8 Å². The van der Waals surface area contributed by atoms with Crippen molar-refractivity contribution >= 4 is 17.0 Å². The minimum absolute atomic E-state index is 0.132. The first-order valence-corrected chi connectivity index (χ1v) is 6.84. The van der Waals surface area contributed by atoms with E-state index in [1.807, 2.05) is 4.57 Å². The van der Waals surface area contributed by atoms with Crippen molar-refractivity contribution in [3.63, 3.8) is 0 Å². The van der Waals surface area contributed by atoms with Gasteiger partial charge in [0.05, 0.1) is 29.5 Å². The Morgan fingerprint density at radius 2 is 2.05 bits per heavy atom. The molecule has 2 rings (SSSR count). The number of nitrogens with zero attached hydrogens (tertiary/aromatic N) is 2. The first-order chi connectivity index (χ1) is 9.55. The molecule has 0 unspecified atom stereocenters. The first kappa shape index (κ1) is 14.5. The standard InChI is InChI=1S/C15H20N2O3/c1-3-15(4-2,9-18)8-17-10-16-12-7-11(14(19)20)5-6-13(12)17/h5-7,10,18H,3-4,8-9H2,1-2H3,(H,19,20). The maximum atomic E-state index is 11.0.